The first-order valence-corrected chi connectivity index (χ1v) is 13.4. The van der Waals surface area contributed by atoms with Crippen LogP contribution < -0.4 is 4.74 Å². The predicted molar refractivity (Wildman–Crippen MR) is 155 cm³/mol. The molecule has 0 amide bonds. The second-order valence-corrected chi connectivity index (χ2v) is 9.77. The largest absolute Gasteiger partial charge is 0.497 e. The van der Waals surface area contributed by atoms with Gasteiger partial charge in [0.1, 0.15) is 5.75 Å². The Balaban J connectivity index is 1.30. The van der Waals surface area contributed by atoms with Gasteiger partial charge in [0, 0.05) is 32.7 Å². The summed E-state index contributed by atoms with van der Waals surface area (Å²) in [6.07, 6.45) is 4.46. The summed E-state index contributed by atoms with van der Waals surface area (Å²) in [7, 11) is 1.67. The molecule has 0 radical (unpaired) electrons. The zero-order chi connectivity index (χ0) is 26.4. The molecule has 5 aromatic rings. The summed E-state index contributed by atoms with van der Waals surface area (Å²) in [4.78, 5) is 5.02. The fourth-order valence-electron chi connectivity index (χ4n) is 5.37. The molecule has 7 nitrogen and oxygen atoms in total. The molecule has 196 valence electrons. The molecule has 0 spiro atoms. The highest BCUT2D eigenvalue weighted by molar-refractivity contribution is 5.86. The van der Waals surface area contributed by atoms with Gasteiger partial charge in [-0.1, -0.05) is 84.9 Å². The maximum absolute atomic E-state index is 5.36. The zero-order valence-corrected chi connectivity index (χ0v) is 22.1. The van der Waals surface area contributed by atoms with E-state index in [4.69, 9.17) is 4.74 Å². The summed E-state index contributed by atoms with van der Waals surface area (Å²) < 4.78 is 7.22. The molecule has 0 N–H and O–H groups in total. The molecule has 1 atom stereocenters. The van der Waals surface area contributed by atoms with Gasteiger partial charge in [-0.3, -0.25) is 9.80 Å². The van der Waals surface area contributed by atoms with Crippen molar-refractivity contribution < 1.29 is 4.74 Å². The molecule has 4 aromatic carbocycles. The molecule has 0 aliphatic carbocycles. The average Bonchev–Trinajstić information content (AvgIpc) is 3.48. The molecule has 1 aliphatic heterocycles. The Bertz CT molecular complexity index is 1530. The molecular weight excluding hydrogens is 484 g/mol. The molecule has 0 saturated carbocycles. The highest BCUT2D eigenvalue weighted by atomic mass is 16.5. The van der Waals surface area contributed by atoms with Gasteiger partial charge in [-0.2, -0.15) is 4.68 Å². The van der Waals surface area contributed by atoms with Gasteiger partial charge in [0.05, 0.1) is 18.8 Å². The number of fused-ring (bicyclic) bond motifs is 1. The van der Waals surface area contributed by atoms with Crippen LogP contribution in [0.4, 0.5) is 0 Å². The van der Waals surface area contributed by atoms with Gasteiger partial charge in [-0.25, -0.2) is 0 Å². The summed E-state index contributed by atoms with van der Waals surface area (Å²) in [6, 6.07) is 33.3. The van der Waals surface area contributed by atoms with Crippen molar-refractivity contribution in [2.45, 2.75) is 6.04 Å². The molecule has 1 saturated heterocycles. The number of nitrogens with zero attached hydrogens (tertiary/aromatic N) is 6. The van der Waals surface area contributed by atoms with Crippen molar-refractivity contribution in [3.8, 4) is 11.4 Å². The van der Waals surface area contributed by atoms with Gasteiger partial charge in [-0.05, 0) is 56.6 Å². The molecule has 1 aromatic heterocycles. The van der Waals surface area contributed by atoms with Gasteiger partial charge >= 0.3 is 0 Å². The maximum atomic E-state index is 5.36. The first kappa shape index (κ1) is 25.0. The minimum atomic E-state index is -0.0878. The molecule has 39 heavy (non-hydrogen) atoms. The lowest BCUT2D eigenvalue weighted by Gasteiger charge is -2.39. The standard InChI is InChI=1S/C32H32N6O/c1-39-28-18-16-27(17-19-28)38-32(33-34-35-38)31(30-15-7-13-26-12-5-6-14-29(26)30)37-23-21-36(22-24-37)20-8-11-25-9-3-2-4-10-25/h2-19,31H,20-24H2,1H3/b11-8+. The van der Waals surface area contributed by atoms with Crippen molar-refractivity contribution in [2.75, 3.05) is 39.8 Å². The normalized spacial score (nSPS) is 15.6. The quantitative estimate of drug-likeness (QED) is 0.281. The van der Waals surface area contributed by atoms with Gasteiger partial charge in [-0.15, -0.1) is 5.10 Å². The molecule has 0 bridgehead atoms. The summed E-state index contributed by atoms with van der Waals surface area (Å²) >= 11 is 0. The van der Waals surface area contributed by atoms with Crippen LogP contribution in [0.15, 0.2) is 103 Å². The second-order valence-electron chi connectivity index (χ2n) is 9.77. The fraction of sp³-hybridized carbons (Fsp3) is 0.219. The average molecular weight is 517 g/mol. The van der Waals surface area contributed by atoms with Gasteiger partial charge in [0.15, 0.2) is 5.82 Å². The fourth-order valence-corrected chi connectivity index (χ4v) is 5.37. The van der Waals surface area contributed by atoms with Crippen molar-refractivity contribution in [3.63, 3.8) is 0 Å². The number of methoxy groups -OCH3 is 1. The third-order valence-electron chi connectivity index (χ3n) is 7.42. The molecular formula is C32H32N6O. The second kappa shape index (κ2) is 11.6. The van der Waals surface area contributed by atoms with Crippen molar-refractivity contribution in [1.29, 1.82) is 0 Å². The molecule has 2 heterocycles. The van der Waals surface area contributed by atoms with Gasteiger partial charge < -0.3 is 4.74 Å². The van der Waals surface area contributed by atoms with E-state index in [1.54, 1.807) is 7.11 Å². The monoisotopic (exact) mass is 516 g/mol. The van der Waals surface area contributed by atoms with E-state index in [0.717, 1.165) is 50.0 Å². The van der Waals surface area contributed by atoms with E-state index in [9.17, 15) is 0 Å². The number of rotatable bonds is 8. The van der Waals surface area contributed by atoms with E-state index in [0.29, 0.717) is 0 Å². The Hall–Kier alpha value is -4.33. The SMILES string of the molecule is COc1ccc(-n2nnnc2C(c2cccc3ccccc23)N2CCN(C/C=C/c3ccccc3)CC2)cc1. The van der Waals surface area contributed by atoms with E-state index >= 15 is 0 Å². The van der Waals surface area contributed by atoms with E-state index in [2.05, 4.69) is 104 Å². The van der Waals surface area contributed by atoms with Gasteiger partial charge in [0.2, 0.25) is 0 Å². The number of piperazine rings is 1. The Morgan fingerprint density at radius 2 is 1.56 bits per heavy atom. The number of benzene rings is 4. The Morgan fingerprint density at radius 1 is 0.821 bits per heavy atom. The lowest BCUT2D eigenvalue weighted by atomic mass is 9.96. The minimum Gasteiger partial charge on any atom is -0.497 e. The Morgan fingerprint density at radius 3 is 2.36 bits per heavy atom. The molecule has 7 heteroatoms. The topological polar surface area (TPSA) is 59.3 Å². The number of hydrogen-bond acceptors (Lipinski definition) is 6. The van der Waals surface area contributed by atoms with Crippen molar-refractivity contribution >= 4 is 16.8 Å². The van der Waals surface area contributed by atoms with Crippen molar-refractivity contribution in [2.24, 2.45) is 0 Å². The Labute approximate surface area is 228 Å². The smallest absolute Gasteiger partial charge is 0.178 e. The van der Waals surface area contributed by atoms with Crippen LogP contribution in [0.5, 0.6) is 5.75 Å². The van der Waals surface area contributed by atoms with Crippen LogP contribution >= 0.6 is 0 Å². The molecule has 1 fully saturated rings. The third-order valence-corrected chi connectivity index (χ3v) is 7.42. The lowest BCUT2D eigenvalue weighted by molar-refractivity contribution is 0.114. The van der Waals surface area contributed by atoms with Crippen LogP contribution in [0.1, 0.15) is 23.0 Å². The van der Waals surface area contributed by atoms with Crippen molar-refractivity contribution in [1.82, 2.24) is 30.0 Å². The highest BCUT2D eigenvalue weighted by Crippen LogP contribution is 2.34. The third kappa shape index (κ3) is 5.46. The summed E-state index contributed by atoms with van der Waals surface area (Å²) in [5.41, 5.74) is 3.36. The zero-order valence-electron chi connectivity index (χ0n) is 22.1. The van der Waals surface area contributed by atoms with Crippen LogP contribution in [0, 0.1) is 0 Å². The van der Waals surface area contributed by atoms with Crippen LogP contribution in [0.25, 0.3) is 22.5 Å². The summed E-state index contributed by atoms with van der Waals surface area (Å²) in [6.45, 7) is 4.73. The van der Waals surface area contributed by atoms with Crippen LogP contribution in [-0.4, -0.2) is 69.8 Å². The van der Waals surface area contributed by atoms with Crippen molar-refractivity contribution in [3.05, 3.63) is 120 Å². The van der Waals surface area contributed by atoms with E-state index in [1.165, 1.54) is 21.9 Å². The maximum Gasteiger partial charge on any atom is 0.178 e. The van der Waals surface area contributed by atoms with Crippen LogP contribution in [0.3, 0.4) is 0 Å². The van der Waals surface area contributed by atoms with E-state index < -0.39 is 0 Å². The number of hydrogen-bond donors (Lipinski definition) is 0. The first-order valence-electron chi connectivity index (χ1n) is 13.4. The number of tetrazole rings is 1. The first-order chi connectivity index (χ1) is 19.3. The predicted octanol–water partition coefficient (Wildman–Crippen LogP) is 5.24. The highest BCUT2D eigenvalue weighted by Gasteiger charge is 2.32. The summed E-state index contributed by atoms with van der Waals surface area (Å²) in [5.74, 6) is 1.62. The molecule has 1 unspecified atom stereocenters. The Kier molecular flexibility index (Phi) is 7.43. The van der Waals surface area contributed by atoms with Gasteiger partial charge in [0.25, 0.3) is 0 Å². The number of aromatic nitrogens is 4. The molecule has 1 aliphatic rings. The van der Waals surface area contributed by atoms with Crippen LogP contribution in [0.2, 0.25) is 0 Å². The van der Waals surface area contributed by atoms with E-state index in [-0.39, 0.29) is 6.04 Å². The molecule has 6 rings (SSSR count). The van der Waals surface area contributed by atoms with E-state index in [1.807, 2.05) is 35.0 Å². The lowest BCUT2D eigenvalue weighted by Crippen LogP contribution is -2.48. The summed E-state index contributed by atoms with van der Waals surface area (Å²) in [5, 5.41) is 15.6. The number of ether oxygens (including phenoxy) is 1. The minimum absolute atomic E-state index is 0.0878. The van der Waals surface area contributed by atoms with Crippen LogP contribution in [-0.2, 0) is 0 Å².